The van der Waals surface area contributed by atoms with Gasteiger partial charge in [0.15, 0.2) is 0 Å². The van der Waals surface area contributed by atoms with Gasteiger partial charge in [0.05, 0.1) is 24.9 Å². The van der Waals surface area contributed by atoms with E-state index in [1.54, 1.807) is 0 Å². The van der Waals surface area contributed by atoms with E-state index in [1.807, 2.05) is 11.8 Å². The molecule has 2 aliphatic rings. The Hall–Kier alpha value is -0.700. The molecular weight excluding hydrogens is 294 g/mol. The molecule has 7 nitrogen and oxygen atoms in total. The third-order valence-corrected chi connectivity index (χ3v) is 5.14. The molecule has 0 saturated carbocycles. The Balaban J connectivity index is 1.96. The van der Waals surface area contributed by atoms with Gasteiger partial charge in [0.25, 0.3) is 0 Å². The van der Waals surface area contributed by atoms with E-state index in [0.717, 1.165) is 19.1 Å². The highest BCUT2D eigenvalue weighted by molar-refractivity contribution is 7.88. The van der Waals surface area contributed by atoms with Crippen LogP contribution in [0.3, 0.4) is 0 Å². The molecule has 3 N–H and O–H groups in total. The van der Waals surface area contributed by atoms with Crippen molar-refractivity contribution in [1.82, 2.24) is 9.62 Å². The summed E-state index contributed by atoms with van der Waals surface area (Å²) in [5.74, 6) is 0.177. The number of hydrogen-bond donors (Lipinski definition) is 2. The Morgan fingerprint density at radius 2 is 2.24 bits per heavy atom. The smallest absolute Gasteiger partial charge is 0.232 e. The van der Waals surface area contributed by atoms with Crippen LogP contribution in [0, 0.1) is 11.3 Å². The summed E-state index contributed by atoms with van der Waals surface area (Å²) < 4.78 is 30.2. The molecule has 3 unspecified atom stereocenters. The van der Waals surface area contributed by atoms with Crippen molar-refractivity contribution in [1.29, 1.82) is 0 Å². The first-order valence-electron chi connectivity index (χ1n) is 7.30. The maximum atomic E-state index is 12.7. The number of rotatable bonds is 4. The number of amides is 1. The minimum absolute atomic E-state index is 0.0246. The van der Waals surface area contributed by atoms with Gasteiger partial charge >= 0.3 is 0 Å². The number of carbonyl (C=O) groups excluding carboxylic acids is 1. The molecule has 2 rings (SSSR count). The molecule has 1 amide bonds. The lowest BCUT2D eigenvalue weighted by atomic mass is 9.83. The molecule has 122 valence electrons. The van der Waals surface area contributed by atoms with E-state index in [4.69, 9.17) is 10.5 Å². The summed E-state index contributed by atoms with van der Waals surface area (Å²) in [5.41, 5.74) is 5.35. The van der Waals surface area contributed by atoms with E-state index in [1.165, 1.54) is 0 Å². The zero-order chi connectivity index (χ0) is 15.7. The standard InChI is InChI=1S/C13H25N3O4S/c1-13(9-20-8-11(13)14)12(17)16-5-3-4-10(7-16)6-15-21(2,18)19/h10-11,15H,3-9,14H2,1-2H3. The summed E-state index contributed by atoms with van der Waals surface area (Å²) in [7, 11) is -3.19. The monoisotopic (exact) mass is 319 g/mol. The first-order chi connectivity index (χ1) is 9.72. The van der Waals surface area contributed by atoms with Crippen molar-refractivity contribution < 1.29 is 17.9 Å². The minimum atomic E-state index is -3.19. The van der Waals surface area contributed by atoms with Crippen LogP contribution in [0.5, 0.6) is 0 Å². The zero-order valence-electron chi connectivity index (χ0n) is 12.7. The topological polar surface area (TPSA) is 102 Å². The molecule has 8 heteroatoms. The second kappa shape index (κ2) is 6.20. The van der Waals surface area contributed by atoms with Gasteiger partial charge in [-0.3, -0.25) is 4.79 Å². The first kappa shape index (κ1) is 16.7. The third-order valence-electron chi connectivity index (χ3n) is 4.45. The van der Waals surface area contributed by atoms with Crippen molar-refractivity contribution in [2.75, 3.05) is 39.1 Å². The molecule has 2 saturated heterocycles. The molecule has 0 spiro atoms. The summed E-state index contributed by atoms with van der Waals surface area (Å²) in [4.78, 5) is 14.5. The summed E-state index contributed by atoms with van der Waals surface area (Å²) >= 11 is 0. The van der Waals surface area contributed by atoms with Crippen molar-refractivity contribution >= 4 is 15.9 Å². The molecule has 0 aromatic carbocycles. The van der Waals surface area contributed by atoms with E-state index in [9.17, 15) is 13.2 Å². The number of likely N-dealkylation sites (tertiary alicyclic amines) is 1. The second-order valence-corrected chi connectivity index (χ2v) is 8.25. The largest absolute Gasteiger partial charge is 0.379 e. The van der Waals surface area contributed by atoms with Crippen molar-refractivity contribution in [2.45, 2.75) is 25.8 Å². The van der Waals surface area contributed by atoms with Gasteiger partial charge in [0.1, 0.15) is 0 Å². The molecule has 0 aromatic heterocycles. The number of nitrogens with zero attached hydrogens (tertiary/aromatic N) is 1. The van der Waals surface area contributed by atoms with Crippen LogP contribution in [0.15, 0.2) is 0 Å². The van der Waals surface area contributed by atoms with E-state index >= 15 is 0 Å². The molecular formula is C13H25N3O4S. The van der Waals surface area contributed by atoms with Crippen LogP contribution in [0.2, 0.25) is 0 Å². The molecule has 2 fully saturated rings. The predicted molar refractivity (Wildman–Crippen MR) is 79.1 cm³/mol. The fourth-order valence-corrected chi connectivity index (χ4v) is 3.49. The summed E-state index contributed by atoms with van der Waals surface area (Å²) in [6.07, 6.45) is 2.95. The molecule has 21 heavy (non-hydrogen) atoms. The first-order valence-corrected chi connectivity index (χ1v) is 9.19. The van der Waals surface area contributed by atoms with Crippen molar-refractivity contribution in [3.05, 3.63) is 0 Å². The van der Waals surface area contributed by atoms with E-state index in [-0.39, 0.29) is 17.9 Å². The number of nitrogens with one attached hydrogen (secondary N) is 1. The van der Waals surface area contributed by atoms with Crippen LogP contribution in [-0.2, 0) is 19.6 Å². The van der Waals surface area contributed by atoms with E-state index < -0.39 is 15.4 Å². The van der Waals surface area contributed by atoms with Gasteiger partial charge in [-0.2, -0.15) is 0 Å². The van der Waals surface area contributed by atoms with Crippen LogP contribution in [0.1, 0.15) is 19.8 Å². The van der Waals surface area contributed by atoms with Gasteiger partial charge in [0, 0.05) is 25.7 Å². The van der Waals surface area contributed by atoms with Crippen LogP contribution in [0.4, 0.5) is 0 Å². The van der Waals surface area contributed by atoms with Crippen LogP contribution in [0.25, 0.3) is 0 Å². The number of carbonyl (C=O) groups is 1. The maximum absolute atomic E-state index is 12.7. The fourth-order valence-electron chi connectivity index (χ4n) is 2.96. The molecule has 2 heterocycles. The summed E-state index contributed by atoms with van der Waals surface area (Å²) in [5, 5.41) is 0. The molecule has 2 aliphatic heterocycles. The van der Waals surface area contributed by atoms with Crippen LogP contribution < -0.4 is 10.5 Å². The van der Waals surface area contributed by atoms with Crippen LogP contribution >= 0.6 is 0 Å². The van der Waals surface area contributed by atoms with Gasteiger partial charge in [-0.15, -0.1) is 0 Å². The Kier molecular flexibility index (Phi) is 4.92. The molecule has 0 aromatic rings. The van der Waals surface area contributed by atoms with Gasteiger partial charge in [0.2, 0.25) is 15.9 Å². The van der Waals surface area contributed by atoms with Gasteiger partial charge < -0.3 is 15.4 Å². The Labute approximate surface area is 126 Å². The second-order valence-electron chi connectivity index (χ2n) is 6.42. The lowest BCUT2D eigenvalue weighted by Gasteiger charge is -2.38. The fraction of sp³-hybridized carbons (Fsp3) is 0.923. The SMILES string of the molecule is CC1(C(=O)N2CCCC(CNS(C)(=O)=O)C2)COCC1N. The van der Waals surface area contributed by atoms with Gasteiger partial charge in [-0.05, 0) is 25.7 Å². The third kappa shape index (κ3) is 3.94. The number of sulfonamides is 1. The average Bonchev–Trinajstić information content (AvgIpc) is 2.76. The average molecular weight is 319 g/mol. The highest BCUT2D eigenvalue weighted by Crippen LogP contribution is 2.31. The molecule has 0 bridgehead atoms. The summed E-state index contributed by atoms with van der Waals surface area (Å²) in [6, 6.07) is -0.278. The van der Waals surface area contributed by atoms with E-state index in [0.29, 0.717) is 32.8 Å². The number of piperidine rings is 1. The molecule has 0 radical (unpaired) electrons. The lowest BCUT2D eigenvalue weighted by molar-refractivity contribution is -0.143. The van der Waals surface area contributed by atoms with Crippen molar-refractivity contribution in [2.24, 2.45) is 17.1 Å². The molecule has 0 aliphatic carbocycles. The van der Waals surface area contributed by atoms with Crippen LogP contribution in [-0.4, -0.2) is 64.4 Å². The quantitative estimate of drug-likeness (QED) is 0.702. The van der Waals surface area contributed by atoms with E-state index in [2.05, 4.69) is 4.72 Å². The predicted octanol–water partition coefficient (Wildman–Crippen LogP) is -0.862. The van der Waals surface area contributed by atoms with Gasteiger partial charge in [-0.1, -0.05) is 0 Å². The highest BCUT2D eigenvalue weighted by Gasteiger charge is 2.47. The highest BCUT2D eigenvalue weighted by atomic mass is 32.2. The Morgan fingerprint density at radius 3 is 2.81 bits per heavy atom. The number of nitrogens with two attached hydrogens (primary N) is 1. The Bertz CT molecular complexity index is 496. The zero-order valence-corrected chi connectivity index (χ0v) is 13.5. The summed E-state index contributed by atoms with van der Waals surface area (Å²) in [6.45, 7) is 4.28. The van der Waals surface area contributed by atoms with Crippen molar-refractivity contribution in [3.63, 3.8) is 0 Å². The Morgan fingerprint density at radius 1 is 1.52 bits per heavy atom. The number of hydrogen-bond acceptors (Lipinski definition) is 5. The van der Waals surface area contributed by atoms with Crippen molar-refractivity contribution in [3.8, 4) is 0 Å². The normalized spacial score (nSPS) is 34.1. The molecule has 3 atom stereocenters. The maximum Gasteiger partial charge on any atom is 0.232 e. The van der Waals surface area contributed by atoms with Gasteiger partial charge in [-0.25, -0.2) is 13.1 Å². The minimum Gasteiger partial charge on any atom is -0.379 e. The lowest BCUT2D eigenvalue weighted by Crippen LogP contribution is -2.54. The number of ether oxygens (including phenoxy) is 1.